The minimum atomic E-state index is -0.0692. The zero-order valence-corrected chi connectivity index (χ0v) is 13.3. The molecule has 0 aliphatic heterocycles. The van der Waals surface area contributed by atoms with Gasteiger partial charge in [0.2, 0.25) is 0 Å². The molecule has 0 unspecified atom stereocenters. The highest BCUT2D eigenvalue weighted by Gasteiger charge is 2.15. The standard InChI is InChI=1S/C12H15BrClN5/c1-12(2,3)19-7-9(17-18-19)6-15-10-4-8(13)5-16-11(10)14/h4-5,7,15H,6H2,1-3H3. The van der Waals surface area contributed by atoms with E-state index in [1.54, 1.807) is 6.20 Å². The van der Waals surface area contributed by atoms with Crippen molar-refractivity contribution in [2.24, 2.45) is 0 Å². The van der Waals surface area contributed by atoms with Crippen molar-refractivity contribution in [2.45, 2.75) is 32.9 Å². The summed E-state index contributed by atoms with van der Waals surface area (Å²) in [5.41, 5.74) is 1.55. The van der Waals surface area contributed by atoms with Crippen molar-refractivity contribution in [3.8, 4) is 0 Å². The van der Waals surface area contributed by atoms with Crippen LogP contribution in [0.4, 0.5) is 5.69 Å². The fourth-order valence-corrected chi connectivity index (χ4v) is 1.94. The Kier molecular flexibility index (Phi) is 4.10. The van der Waals surface area contributed by atoms with Crippen LogP contribution in [0.15, 0.2) is 22.9 Å². The van der Waals surface area contributed by atoms with Crippen LogP contribution in [0.3, 0.4) is 0 Å². The van der Waals surface area contributed by atoms with Crippen LogP contribution in [-0.4, -0.2) is 20.0 Å². The Morgan fingerprint density at radius 3 is 2.79 bits per heavy atom. The molecule has 2 rings (SSSR count). The zero-order chi connectivity index (χ0) is 14.0. The summed E-state index contributed by atoms with van der Waals surface area (Å²) >= 11 is 9.36. The molecule has 7 heteroatoms. The molecule has 0 aliphatic rings. The highest BCUT2D eigenvalue weighted by Crippen LogP contribution is 2.23. The van der Waals surface area contributed by atoms with E-state index >= 15 is 0 Å². The van der Waals surface area contributed by atoms with Gasteiger partial charge in [-0.15, -0.1) is 5.10 Å². The van der Waals surface area contributed by atoms with Crippen LogP contribution < -0.4 is 5.32 Å². The molecule has 2 aromatic rings. The molecule has 0 spiro atoms. The van der Waals surface area contributed by atoms with Gasteiger partial charge in [-0.05, 0) is 42.8 Å². The van der Waals surface area contributed by atoms with Crippen molar-refractivity contribution in [1.82, 2.24) is 20.0 Å². The molecule has 0 aromatic carbocycles. The Morgan fingerprint density at radius 1 is 1.42 bits per heavy atom. The summed E-state index contributed by atoms with van der Waals surface area (Å²) in [6, 6.07) is 1.88. The Labute approximate surface area is 125 Å². The first kappa shape index (κ1) is 14.3. The van der Waals surface area contributed by atoms with Crippen molar-refractivity contribution in [3.63, 3.8) is 0 Å². The van der Waals surface area contributed by atoms with Gasteiger partial charge in [0.15, 0.2) is 5.15 Å². The number of rotatable bonds is 3. The maximum absolute atomic E-state index is 6.00. The van der Waals surface area contributed by atoms with Crippen molar-refractivity contribution in [3.05, 3.63) is 33.8 Å². The topological polar surface area (TPSA) is 55.6 Å². The summed E-state index contributed by atoms with van der Waals surface area (Å²) in [6.45, 7) is 6.78. The molecule has 2 heterocycles. The van der Waals surface area contributed by atoms with Gasteiger partial charge in [0.1, 0.15) is 5.69 Å². The van der Waals surface area contributed by atoms with E-state index in [2.05, 4.69) is 57.3 Å². The second-order valence-corrected chi connectivity index (χ2v) is 6.44. The summed E-state index contributed by atoms with van der Waals surface area (Å²) in [6.07, 6.45) is 3.58. The van der Waals surface area contributed by atoms with Gasteiger partial charge in [-0.3, -0.25) is 0 Å². The molecule has 0 radical (unpaired) electrons. The van der Waals surface area contributed by atoms with E-state index in [1.807, 2.05) is 16.9 Å². The maximum Gasteiger partial charge on any atom is 0.152 e. The molecule has 0 amide bonds. The number of hydrogen-bond acceptors (Lipinski definition) is 4. The average Bonchev–Trinajstić information content (AvgIpc) is 2.79. The van der Waals surface area contributed by atoms with Gasteiger partial charge in [-0.25, -0.2) is 9.67 Å². The number of anilines is 1. The van der Waals surface area contributed by atoms with Crippen LogP contribution in [0.1, 0.15) is 26.5 Å². The number of nitrogens with zero attached hydrogens (tertiary/aromatic N) is 4. The summed E-state index contributed by atoms with van der Waals surface area (Å²) in [5, 5.41) is 11.9. The molecule has 1 N–H and O–H groups in total. The molecule has 2 aromatic heterocycles. The largest absolute Gasteiger partial charge is 0.377 e. The van der Waals surface area contributed by atoms with Gasteiger partial charge in [-0.2, -0.15) is 0 Å². The van der Waals surface area contributed by atoms with E-state index in [1.165, 1.54) is 0 Å². The molecule has 19 heavy (non-hydrogen) atoms. The molecule has 0 bridgehead atoms. The zero-order valence-electron chi connectivity index (χ0n) is 11.0. The second kappa shape index (κ2) is 5.46. The van der Waals surface area contributed by atoms with Crippen molar-refractivity contribution < 1.29 is 0 Å². The lowest BCUT2D eigenvalue weighted by Crippen LogP contribution is -2.22. The van der Waals surface area contributed by atoms with E-state index in [0.717, 1.165) is 15.9 Å². The Morgan fingerprint density at radius 2 is 2.16 bits per heavy atom. The first-order chi connectivity index (χ1) is 8.86. The third-order valence-electron chi connectivity index (χ3n) is 2.49. The number of halogens is 2. The molecular weight excluding hydrogens is 330 g/mol. The first-order valence-corrected chi connectivity index (χ1v) is 7.00. The molecule has 0 aliphatic carbocycles. The second-order valence-electron chi connectivity index (χ2n) is 5.17. The molecule has 0 fully saturated rings. The SMILES string of the molecule is CC(C)(C)n1cc(CNc2cc(Br)cnc2Cl)nn1. The van der Waals surface area contributed by atoms with Crippen LogP contribution in [-0.2, 0) is 12.1 Å². The predicted molar refractivity (Wildman–Crippen MR) is 79.3 cm³/mol. The summed E-state index contributed by atoms with van der Waals surface area (Å²) in [5.74, 6) is 0. The van der Waals surface area contributed by atoms with E-state index in [9.17, 15) is 0 Å². The van der Waals surface area contributed by atoms with Crippen molar-refractivity contribution in [2.75, 3.05) is 5.32 Å². The lowest BCUT2D eigenvalue weighted by Gasteiger charge is -2.17. The minimum absolute atomic E-state index is 0.0692. The van der Waals surface area contributed by atoms with Gasteiger partial charge in [0.05, 0.1) is 24.0 Å². The minimum Gasteiger partial charge on any atom is -0.377 e. The Hall–Kier alpha value is -1.14. The summed E-state index contributed by atoms with van der Waals surface area (Å²) < 4.78 is 2.71. The lowest BCUT2D eigenvalue weighted by atomic mass is 10.1. The predicted octanol–water partition coefficient (Wildman–Crippen LogP) is 3.46. The number of hydrogen-bond donors (Lipinski definition) is 1. The van der Waals surface area contributed by atoms with E-state index in [0.29, 0.717) is 11.7 Å². The number of pyridine rings is 1. The third-order valence-corrected chi connectivity index (χ3v) is 3.23. The third kappa shape index (κ3) is 3.67. The number of nitrogens with one attached hydrogen (secondary N) is 1. The van der Waals surface area contributed by atoms with E-state index < -0.39 is 0 Å². The fraction of sp³-hybridized carbons (Fsp3) is 0.417. The lowest BCUT2D eigenvalue weighted by molar-refractivity contribution is 0.347. The van der Waals surface area contributed by atoms with Crippen LogP contribution in [0.25, 0.3) is 0 Å². The van der Waals surface area contributed by atoms with Crippen LogP contribution in [0.2, 0.25) is 5.15 Å². The fourth-order valence-electron chi connectivity index (χ4n) is 1.44. The van der Waals surface area contributed by atoms with E-state index in [4.69, 9.17) is 11.6 Å². The molecular formula is C12H15BrClN5. The molecule has 0 saturated carbocycles. The molecule has 0 atom stereocenters. The van der Waals surface area contributed by atoms with Crippen LogP contribution in [0.5, 0.6) is 0 Å². The van der Waals surface area contributed by atoms with E-state index in [-0.39, 0.29) is 5.54 Å². The first-order valence-electron chi connectivity index (χ1n) is 5.83. The maximum atomic E-state index is 6.00. The number of aromatic nitrogens is 4. The Balaban J connectivity index is 2.06. The van der Waals surface area contributed by atoms with Gasteiger partial charge in [0.25, 0.3) is 0 Å². The highest BCUT2D eigenvalue weighted by atomic mass is 79.9. The smallest absolute Gasteiger partial charge is 0.152 e. The van der Waals surface area contributed by atoms with Gasteiger partial charge < -0.3 is 5.32 Å². The molecule has 5 nitrogen and oxygen atoms in total. The van der Waals surface area contributed by atoms with Gasteiger partial charge in [-0.1, -0.05) is 16.8 Å². The van der Waals surface area contributed by atoms with Crippen LogP contribution in [0, 0.1) is 0 Å². The van der Waals surface area contributed by atoms with Gasteiger partial charge >= 0.3 is 0 Å². The summed E-state index contributed by atoms with van der Waals surface area (Å²) in [7, 11) is 0. The summed E-state index contributed by atoms with van der Waals surface area (Å²) in [4.78, 5) is 4.05. The monoisotopic (exact) mass is 343 g/mol. The Bertz CT molecular complexity index is 576. The molecule has 102 valence electrons. The normalized spacial score (nSPS) is 11.6. The quantitative estimate of drug-likeness (QED) is 0.866. The van der Waals surface area contributed by atoms with Crippen molar-refractivity contribution >= 4 is 33.2 Å². The van der Waals surface area contributed by atoms with Gasteiger partial charge in [0, 0.05) is 10.7 Å². The average molecular weight is 345 g/mol. The highest BCUT2D eigenvalue weighted by molar-refractivity contribution is 9.10. The van der Waals surface area contributed by atoms with Crippen molar-refractivity contribution in [1.29, 1.82) is 0 Å². The molecule has 0 saturated heterocycles. The van der Waals surface area contributed by atoms with Crippen LogP contribution >= 0.6 is 27.5 Å².